The van der Waals surface area contributed by atoms with Crippen LogP contribution in [0.1, 0.15) is 40.5 Å². The summed E-state index contributed by atoms with van der Waals surface area (Å²) >= 11 is 0. The normalized spacial score (nSPS) is 14.8. The first kappa shape index (κ1) is 12.4. The second-order valence-corrected chi connectivity index (χ2v) is 4.39. The third-order valence-corrected chi connectivity index (χ3v) is 2.25. The van der Waals surface area contributed by atoms with Crippen LogP contribution in [0.5, 0.6) is 0 Å². The molecular formula is C12H22O. The maximum absolute atomic E-state index is 9.53. The van der Waals surface area contributed by atoms with Crippen LogP contribution in [0.4, 0.5) is 0 Å². The topological polar surface area (TPSA) is 20.2 Å². The molecular weight excluding hydrogens is 160 g/mol. The van der Waals surface area contributed by atoms with E-state index in [-0.39, 0.29) is 11.5 Å². The Balaban J connectivity index is 3.94. The van der Waals surface area contributed by atoms with Gasteiger partial charge in [-0.05, 0) is 32.1 Å². The smallest absolute Gasteiger partial charge is 0.0745 e. The molecule has 0 fully saturated rings. The molecule has 0 aromatic carbocycles. The summed E-state index contributed by atoms with van der Waals surface area (Å²) in [5, 5.41) is 9.53. The minimum atomic E-state index is -0.343. The van der Waals surface area contributed by atoms with Crippen LogP contribution in [0.2, 0.25) is 0 Å². The highest BCUT2D eigenvalue weighted by Crippen LogP contribution is 2.25. The van der Waals surface area contributed by atoms with Crippen molar-refractivity contribution in [2.75, 3.05) is 0 Å². The molecule has 0 saturated heterocycles. The minimum Gasteiger partial charge on any atom is -0.389 e. The van der Waals surface area contributed by atoms with Gasteiger partial charge < -0.3 is 5.11 Å². The first-order chi connectivity index (χ1) is 5.89. The molecule has 1 N–H and O–H groups in total. The van der Waals surface area contributed by atoms with Crippen LogP contribution in [-0.2, 0) is 0 Å². The standard InChI is InChI=1S/C12H22O/c1-6-8-12(4,5)9-7-11(13)10(2)3/h6,8,11,13H,2,7,9H2,1,3-5H3/b8-6-. The number of aliphatic hydroxyl groups is 1. The lowest BCUT2D eigenvalue weighted by Crippen LogP contribution is -2.14. The molecule has 1 nitrogen and oxygen atoms in total. The molecule has 13 heavy (non-hydrogen) atoms. The highest BCUT2D eigenvalue weighted by molar-refractivity contribution is 4.99. The van der Waals surface area contributed by atoms with E-state index in [0.717, 1.165) is 18.4 Å². The molecule has 0 saturated carbocycles. The number of allylic oxidation sites excluding steroid dienone is 2. The van der Waals surface area contributed by atoms with Crippen molar-refractivity contribution in [2.24, 2.45) is 5.41 Å². The van der Waals surface area contributed by atoms with Crippen LogP contribution in [0, 0.1) is 5.41 Å². The molecule has 1 atom stereocenters. The summed E-state index contributed by atoms with van der Waals surface area (Å²) in [4.78, 5) is 0. The summed E-state index contributed by atoms with van der Waals surface area (Å²) in [6, 6.07) is 0. The Morgan fingerprint density at radius 1 is 1.54 bits per heavy atom. The minimum absolute atomic E-state index is 0.186. The third-order valence-electron chi connectivity index (χ3n) is 2.25. The fraction of sp³-hybridized carbons (Fsp3) is 0.667. The van der Waals surface area contributed by atoms with E-state index in [1.807, 2.05) is 13.8 Å². The number of hydrogen-bond acceptors (Lipinski definition) is 1. The summed E-state index contributed by atoms with van der Waals surface area (Å²) in [6.07, 6.45) is 5.69. The zero-order chi connectivity index (χ0) is 10.5. The number of aliphatic hydroxyl groups excluding tert-OH is 1. The van der Waals surface area contributed by atoms with Crippen molar-refractivity contribution in [1.82, 2.24) is 0 Å². The Bertz CT molecular complexity index is 189. The van der Waals surface area contributed by atoms with E-state index in [0.29, 0.717) is 0 Å². The van der Waals surface area contributed by atoms with Crippen LogP contribution >= 0.6 is 0 Å². The Hall–Kier alpha value is -0.560. The van der Waals surface area contributed by atoms with Gasteiger partial charge in [-0.25, -0.2) is 0 Å². The molecule has 0 bridgehead atoms. The lowest BCUT2D eigenvalue weighted by Gasteiger charge is -2.21. The monoisotopic (exact) mass is 182 g/mol. The average molecular weight is 182 g/mol. The Labute approximate surface area is 82.2 Å². The predicted octanol–water partition coefficient (Wildman–Crippen LogP) is 3.31. The van der Waals surface area contributed by atoms with Gasteiger partial charge in [-0.15, -0.1) is 0 Å². The van der Waals surface area contributed by atoms with Crippen molar-refractivity contribution < 1.29 is 5.11 Å². The fourth-order valence-electron chi connectivity index (χ4n) is 1.29. The van der Waals surface area contributed by atoms with Gasteiger partial charge in [0.25, 0.3) is 0 Å². The molecule has 0 aromatic heterocycles. The van der Waals surface area contributed by atoms with E-state index in [9.17, 15) is 5.11 Å². The second-order valence-electron chi connectivity index (χ2n) is 4.39. The van der Waals surface area contributed by atoms with Crippen LogP contribution in [-0.4, -0.2) is 11.2 Å². The maximum Gasteiger partial charge on any atom is 0.0745 e. The van der Waals surface area contributed by atoms with Crippen molar-refractivity contribution in [3.8, 4) is 0 Å². The molecule has 0 heterocycles. The summed E-state index contributed by atoms with van der Waals surface area (Å²) in [5.41, 5.74) is 1.04. The van der Waals surface area contributed by atoms with Gasteiger partial charge in [0.15, 0.2) is 0 Å². The van der Waals surface area contributed by atoms with Gasteiger partial charge in [0.2, 0.25) is 0 Å². The van der Waals surface area contributed by atoms with Crippen molar-refractivity contribution in [3.63, 3.8) is 0 Å². The lowest BCUT2D eigenvalue weighted by atomic mass is 9.85. The lowest BCUT2D eigenvalue weighted by molar-refractivity contribution is 0.183. The molecule has 0 rings (SSSR count). The molecule has 0 aliphatic rings. The largest absolute Gasteiger partial charge is 0.389 e. The van der Waals surface area contributed by atoms with E-state index in [2.05, 4.69) is 32.6 Å². The van der Waals surface area contributed by atoms with Crippen LogP contribution in [0.25, 0.3) is 0 Å². The van der Waals surface area contributed by atoms with E-state index in [1.165, 1.54) is 0 Å². The summed E-state index contributed by atoms with van der Waals surface area (Å²) in [7, 11) is 0. The zero-order valence-electron chi connectivity index (χ0n) is 9.30. The molecule has 0 radical (unpaired) electrons. The third kappa shape index (κ3) is 5.64. The molecule has 0 aliphatic carbocycles. The zero-order valence-corrected chi connectivity index (χ0v) is 9.30. The molecule has 76 valence electrons. The number of hydrogen-bond donors (Lipinski definition) is 1. The van der Waals surface area contributed by atoms with Gasteiger partial charge in [0.1, 0.15) is 0 Å². The first-order valence-corrected chi connectivity index (χ1v) is 4.86. The predicted molar refractivity (Wildman–Crippen MR) is 58.6 cm³/mol. The quantitative estimate of drug-likeness (QED) is 0.647. The van der Waals surface area contributed by atoms with Crippen LogP contribution in [0.3, 0.4) is 0 Å². The van der Waals surface area contributed by atoms with E-state index in [1.54, 1.807) is 0 Å². The molecule has 0 aliphatic heterocycles. The molecule has 0 aromatic rings. The Kier molecular flexibility index (Phi) is 5.01. The van der Waals surface area contributed by atoms with Crippen molar-refractivity contribution >= 4 is 0 Å². The Morgan fingerprint density at radius 3 is 2.46 bits per heavy atom. The maximum atomic E-state index is 9.53. The first-order valence-electron chi connectivity index (χ1n) is 4.86. The van der Waals surface area contributed by atoms with Crippen molar-refractivity contribution in [1.29, 1.82) is 0 Å². The van der Waals surface area contributed by atoms with Gasteiger partial charge >= 0.3 is 0 Å². The van der Waals surface area contributed by atoms with Crippen LogP contribution < -0.4 is 0 Å². The van der Waals surface area contributed by atoms with Crippen LogP contribution in [0.15, 0.2) is 24.3 Å². The number of rotatable bonds is 5. The second kappa shape index (κ2) is 5.23. The van der Waals surface area contributed by atoms with Gasteiger partial charge in [-0.2, -0.15) is 0 Å². The van der Waals surface area contributed by atoms with Gasteiger partial charge in [-0.1, -0.05) is 38.2 Å². The Morgan fingerprint density at radius 2 is 2.08 bits per heavy atom. The van der Waals surface area contributed by atoms with Gasteiger partial charge in [0, 0.05) is 0 Å². The summed E-state index contributed by atoms with van der Waals surface area (Å²) in [6.45, 7) is 12.0. The van der Waals surface area contributed by atoms with Crippen molar-refractivity contribution in [2.45, 2.75) is 46.6 Å². The average Bonchev–Trinajstić information content (AvgIpc) is 2.00. The summed E-state index contributed by atoms with van der Waals surface area (Å²) in [5.74, 6) is 0. The fourth-order valence-corrected chi connectivity index (χ4v) is 1.29. The highest BCUT2D eigenvalue weighted by Gasteiger charge is 2.15. The van der Waals surface area contributed by atoms with Crippen molar-refractivity contribution in [3.05, 3.63) is 24.3 Å². The SMILES string of the molecule is C=C(C)C(O)CCC(C)(C)/C=C\C. The van der Waals surface area contributed by atoms with E-state index >= 15 is 0 Å². The molecule has 0 spiro atoms. The highest BCUT2D eigenvalue weighted by atomic mass is 16.3. The van der Waals surface area contributed by atoms with Gasteiger partial charge in [0.05, 0.1) is 6.10 Å². The molecule has 1 unspecified atom stereocenters. The van der Waals surface area contributed by atoms with E-state index in [4.69, 9.17) is 0 Å². The van der Waals surface area contributed by atoms with Gasteiger partial charge in [-0.3, -0.25) is 0 Å². The molecule has 1 heteroatoms. The summed E-state index contributed by atoms with van der Waals surface area (Å²) < 4.78 is 0. The van der Waals surface area contributed by atoms with E-state index < -0.39 is 0 Å². The molecule has 0 amide bonds.